The highest BCUT2D eigenvalue weighted by atomic mass is 16.5. The van der Waals surface area contributed by atoms with Crippen molar-refractivity contribution in [2.24, 2.45) is 5.73 Å². The Hall–Kier alpha value is -1.88. The van der Waals surface area contributed by atoms with Crippen LogP contribution in [0.4, 0.5) is 0 Å². The van der Waals surface area contributed by atoms with E-state index in [-0.39, 0.29) is 12.0 Å². The van der Waals surface area contributed by atoms with Gasteiger partial charge < -0.3 is 15.4 Å². The Balaban J connectivity index is 2.56. The van der Waals surface area contributed by atoms with Crippen molar-refractivity contribution in [2.45, 2.75) is 39.7 Å². The van der Waals surface area contributed by atoms with Crippen LogP contribution in [0.1, 0.15) is 37.8 Å². The molecule has 102 valence electrons. The summed E-state index contributed by atoms with van der Waals surface area (Å²) in [5.74, 6) is 1.21. The normalized spacial score (nSPS) is 11.8. The zero-order valence-corrected chi connectivity index (χ0v) is 11.7. The number of hydrogen-bond acceptors (Lipinski definition) is 5. The average Bonchev–Trinajstić information content (AvgIpc) is 2.79. The number of nitrogens with zero attached hydrogens (tertiary/aromatic N) is 2. The lowest BCUT2D eigenvalue weighted by atomic mass is 9.84. The molecule has 1 heterocycles. The van der Waals surface area contributed by atoms with Gasteiger partial charge in [0.25, 0.3) is 0 Å². The second kappa shape index (κ2) is 4.66. The van der Waals surface area contributed by atoms with Gasteiger partial charge in [-0.1, -0.05) is 25.9 Å². The number of aryl methyl sites for hydroxylation is 1. The van der Waals surface area contributed by atoms with Gasteiger partial charge in [0.1, 0.15) is 5.75 Å². The van der Waals surface area contributed by atoms with Gasteiger partial charge in [0.2, 0.25) is 11.7 Å². The number of nitrogens with two attached hydrogens (primary N) is 1. The number of rotatable bonds is 2. The number of benzene rings is 1. The van der Waals surface area contributed by atoms with Crippen molar-refractivity contribution in [3.05, 3.63) is 29.2 Å². The smallest absolute Gasteiger partial charge is 0.240 e. The first-order chi connectivity index (χ1) is 8.82. The molecule has 5 heteroatoms. The maximum absolute atomic E-state index is 10.2. The maximum Gasteiger partial charge on any atom is 0.240 e. The number of hydrogen-bond donors (Lipinski definition) is 2. The van der Waals surface area contributed by atoms with E-state index in [1.165, 1.54) is 0 Å². The molecule has 5 nitrogen and oxygen atoms in total. The predicted molar refractivity (Wildman–Crippen MR) is 72.7 cm³/mol. The molecule has 0 aliphatic rings. The van der Waals surface area contributed by atoms with Crippen molar-refractivity contribution in [3.8, 4) is 17.1 Å². The van der Waals surface area contributed by atoms with Crippen molar-refractivity contribution in [1.29, 1.82) is 0 Å². The van der Waals surface area contributed by atoms with Crippen LogP contribution in [0.25, 0.3) is 11.4 Å². The van der Waals surface area contributed by atoms with Crippen molar-refractivity contribution in [2.75, 3.05) is 0 Å². The van der Waals surface area contributed by atoms with E-state index < -0.39 is 0 Å². The highest BCUT2D eigenvalue weighted by molar-refractivity contribution is 5.62. The van der Waals surface area contributed by atoms with Crippen LogP contribution in [0.5, 0.6) is 5.75 Å². The molecule has 0 radical (unpaired) electrons. The van der Waals surface area contributed by atoms with E-state index in [0.717, 1.165) is 16.7 Å². The quantitative estimate of drug-likeness (QED) is 0.867. The highest BCUT2D eigenvalue weighted by Gasteiger charge is 2.21. The molecule has 0 bridgehead atoms. The van der Waals surface area contributed by atoms with E-state index >= 15 is 0 Å². The molecule has 19 heavy (non-hydrogen) atoms. The van der Waals surface area contributed by atoms with Gasteiger partial charge in [0, 0.05) is 11.1 Å². The standard InChI is InChI=1S/C14H19N3O2/c1-8-5-9(13-16-11(7-15)19-17-13)6-10(12(8)18)14(2,3)4/h5-6,18H,7,15H2,1-4H3. The van der Waals surface area contributed by atoms with Crippen LogP contribution < -0.4 is 5.73 Å². The first-order valence-corrected chi connectivity index (χ1v) is 6.20. The molecule has 0 saturated heterocycles. The number of phenols is 1. The summed E-state index contributed by atoms with van der Waals surface area (Å²) < 4.78 is 5.02. The predicted octanol–water partition coefficient (Wildman–Crippen LogP) is 2.51. The lowest BCUT2D eigenvalue weighted by Crippen LogP contribution is -2.12. The molecule has 0 atom stereocenters. The second-order valence-electron chi connectivity index (χ2n) is 5.66. The minimum atomic E-state index is -0.161. The average molecular weight is 261 g/mol. The second-order valence-corrected chi connectivity index (χ2v) is 5.66. The van der Waals surface area contributed by atoms with Crippen LogP contribution in [0, 0.1) is 6.92 Å². The summed E-state index contributed by atoms with van der Waals surface area (Å²) in [5.41, 5.74) is 7.78. The Morgan fingerprint density at radius 1 is 1.32 bits per heavy atom. The Bertz CT molecular complexity index is 597. The molecular weight excluding hydrogens is 242 g/mol. The fraction of sp³-hybridized carbons (Fsp3) is 0.429. The zero-order valence-electron chi connectivity index (χ0n) is 11.7. The van der Waals surface area contributed by atoms with Gasteiger partial charge in [-0.25, -0.2) is 0 Å². The molecular formula is C14H19N3O2. The molecule has 0 aliphatic heterocycles. The minimum absolute atomic E-state index is 0.161. The van der Waals surface area contributed by atoms with Crippen molar-refractivity contribution < 1.29 is 9.63 Å². The van der Waals surface area contributed by atoms with Crippen LogP contribution in [0.15, 0.2) is 16.7 Å². The van der Waals surface area contributed by atoms with Gasteiger partial charge in [-0.15, -0.1) is 0 Å². The molecule has 1 aromatic heterocycles. The zero-order chi connectivity index (χ0) is 14.2. The lowest BCUT2D eigenvalue weighted by Gasteiger charge is -2.22. The summed E-state index contributed by atoms with van der Waals surface area (Å²) in [4.78, 5) is 4.21. The van der Waals surface area contributed by atoms with E-state index in [2.05, 4.69) is 10.1 Å². The van der Waals surface area contributed by atoms with Crippen LogP contribution in [-0.2, 0) is 12.0 Å². The van der Waals surface area contributed by atoms with E-state index in [1.807, 2.05) is 39.8 Å². The molecule has 0 saturated carbocycles. The molecule has 0 spiro atoms. The molecule has 0 unspecified atom stereocenters. The van der Waals surface area contributed by atoms with Crippen molar-refractivity contribution in [1.82, 2.24) is 10.1 Å². The minimum Gasteiger partial charge on any atom is -0.507 e. The Labute approximate surface area is 112 Å². The summed E-state index contributed by atoms with van der Waals surface area (Å²) in [7, 11) is 0. The molecule has 2 aromatic rings. The van der Waals surface area contributed by atoms with Gasteiger partial charge in [-0.3, -0.25) is 0 Å². The lowest BCUT2D eigenvalue weighted by molar-refractivity contribution is 0.380. The van der Waals surface area contributed by atoms with Gasteiger partial charge >= 0.3 is 0 Å². The van der Waals surface area contributed by atoms with E-state index in [1.54, 1.807) is 0 Å². The molecule has 3 N–H and O–H groups in total. The van der Waals surface area contributed by atoms with E-state index in [9.17, 15) is 5.11 Å². The summed E-state index contributed by atoms with van der Waals surface area (Å²) in [6.45, 7) is 8.22. The van der Waals surface area contributed by atoms with Crippen LogP contribution in [0.2, 0.25) is 0 Å². The monoisotopic (exact) mass is 261 g/mol. The Morgan fingerprint density at radius 3 is 2.53 bits per heavy atom. The molecule has 0 fully saturated rings. The third-order valence-corrected chi connectivity index (χ3v) is 3.01. The van der Waals surface area contributed by atoms with E-state index in [4.69, 9.17) is 10.3 Å². The SMILES string of the molecule is Cc1cc(-c2noc(CN)n2)cc(C(C)(C)C)c1O. The molecule has 2 rings (SSSR count). The number of aromatic hydroxyl groups is 1. The fourth-order valence-corrected chi connectivity index (χ4v) is 1.94. The summed E-state index contributed by atoms with van der Waals surface area (Å²) in [5, 5.41) is 14.1. The highest BCUT2D eigenvalue weighted by Crippen LogP contribution is 2.36. The topological polar surface area (TPSA) is 85.2 Å². The van der Waals surface area contributed by atoms with Crippen molar-refractivity contribution >= 4 is 0 Å². The van der Waals surface area contributed by atoms with Gasteiger partial charge in [0.05, 0.1) is 6.54 Å². The Morgan fingerprint density at radius 2 is 2.00 bits per heavy atom. The Kier molecular flexibility index (Phi) is 3.32. The van der Waals surface area contributed by atoms with Gasteiger partial charge in [-0.2, -0.15) is 4.98 Å². The third-order valence-electron chi connectivity index (χ3n) is 3.01. The summed E-state index contributed by atoms with van der Waals surface area (Å²) in [6.07, 6.45) is 0. The van der Waals surface area contributed by atoms with Gasteiger partial charge in [-0.05, 0) is 30.0 Å². The first-order valence-electron chi connectivity index (χ1n) is 6.20. The van der Waals surface area contributed by atoms with E-state index in [0.29, 0.717) is 17.5 Å². The third kappa shape index (κ3) is 2.61. The molecule has 0 amide bonds. The maximum atomic E-state index is 10.2. The largest absolute Gasteiger partial charge is 0.507 e. The molecule has 0 aliphatic carbocycles. The van der Waals surface area contributed by atoms with Gasteiger partial charge in [0.15, 0.2) is 0 Å². The van der Waals surface area contributed by atoms with Crippen LogP contribution >= 0.6 is 0 Å². The summed E-state index contributed by atoms with van der Waals surface area (Å²) in [6, 6.07) is 3.74. The van der Waals surface area contributed by atoms with Crippen LogP contribution in [-0.4, -0.2) is 15.2 Å². The fourth-order valence-electron chi connectivity index (χ4n) is 1.94. The molecule has 1 aromatic carbocycles. The summed E-state index contributed by atoms with van der Waals surface area (Å²) >= 11 is 0. The first kappa shape index (κ1) is 13.5. The van der Waals surface area contributed by atoms with Crippen LogP contribution in [0.3, 0.4) is 0 Å². The van der Waals surface area contributed by atoms with Crippen molar-refractivity contribution in [3.63, 3.8) is 0 Å². The number of phenolic OH excluding ortho intramolecular Hbond substituents is 1. The number of aromatic nitrogens is 2.